The summed E-state index contributed by atoms with van der Waals surface area (Å²) in [6.07, 6.45) is 5.24. The van der Waals surface area contributed by atoms with Gasteiger partial charge in [-0.05, 0) is 48.2 Å². The third-order valence-electron chi connectivity index (χ3n) is 12.0. The Kier molecular flexibility index (Phi) is 15.3. The van der Waals surface area contributed by atoms with Gasteiger partial charge in [-0.25, -0.2) is 9.97 Å². The Bertz CT molecular complexity index is 2480. The number of hydrogen-bond donors (Lipinski definition) is 4. The maximum atomic E-state index is 14.1. The molecule has 0 fully saturated rings. The lowest BCUT2D eigenvalue weighted by atomic mass is 9.87. The molecule has 0 unspecified atom stereocenters. The summed E-state index contributed by atoms with van der Waals surface area (Å²) in [5, 5.41) is 5.85. The highest BCUT2D eigenvalue weighted by molar-refractivity contribution is 5.91. The molecule has 0 bridgehead atoms. The van der Waals surface area contributed by atoms with Crippen LogP contribution < -0.4 is 20.1 Å². The molecule has 16 heteroatoms. The van der Waals surface area contributed by atoms with Gasteiger partial charge in [-0.15, -0.1) is 0 Å². The predicted octanol–water partition coefficient (Wildman–Crippen LogP) is 7.18. The van der Waals surface area contributed by atoms with Crippen molar-refractivity contribution in [2.75, 3.05) is 40.5 Å². The summed E-state index contributed by atoms with van der Waals surface area (Å²) >= 11 is 0. The van der Waals surface area contributed by atoms with Crippen molar-refractivity contribution in [3.8, 4) is 45.1 Å². The molecule has 4 aromatic carbocycles. The van der Waals surface area contributed by atoms with Gasteiger partial charge >= 0.3 is 0 Å². The molecule has 0 saturated carbocycles. The molecule has 2 aromatic heterocycles. The van der Waals surface area contributed by atoms with Gasteiger partial charge in [0.15, 0.2) is 0 Å². The number of aromatic amines is 2. The zero-order valence-electron chi connectivity index (χ0n) is 38.9. The fourth-order valence-electron chi connectivity index (χ4n) is 8.69. The molecule has 68 heavy (non-hydrogen) atoms. The fraction of sp³-hybridized carbons (Fsp3) is 0.346. The van der Waals surface area contributed by atoms with Crippen LogP contribution in [0.4, 0.5) is 0 Å². The molecule has 2 aliphatic rings. The minimum absolute atomic E-state index is 0.141. The zero-order valence-corrected chi connectivity index (χ0v) is 38.9. The van der Waals surface area contributed by atoms with Crippen LogP contribution in [0.15, 0.2) is 97.3 Å². The summed E-state index contributed by atoms with van der Waals surface area (Å²) in [5.41, 5.74) is 8.59. The number of aromatic nitrogens is 4. The summed E-state index contributed by atoms with van der Waals surface area (Å²) < 4.78 is 23.1. The molecule has 2 atom stereocenters. The number of hydrogen-bond acceptors (Lipinski definition) is 10. The maximum absolute atomic E-state index is 14.1. The average Bonchev–Trinajstić information content (AvgIpc) is 4.05. The van der Waals surface area contributed by atoms with E-state index in [4.69, 9.17) is 18.9 Å². The van der Waals surface area contributed by atoms with Crippen molar-refractivity contribution in [1.29, 1.82) is 0 Å². The fourth-order valence-corrected chi connectivity index (χ4v) is 8.69. The molecule has 0 spiro atoms. The highest BCUT2D eigenvalue weighted by Gasteiger charge is 2.32. The van der Waals surface area contributed by atoms with Crippen molar-refractivity contribution in [1.82, 2.24) is 40.4 Å². The van der Waals surface area contributed by atoms with Gasteiger partial charge in [-0.3, -0.25) is 19.2 Å². The first kappa shape index (κ1) is 47.2. The summed E-state index contributed by atoms with van der Waals surface area (Å²) in [7, 11) is 3.07. The quantitative estimate of drug-likeness (QED) is 0.0542. The number of nitrogens with zero attached hydrogens (tertiary/aromatic N) is 4. The molecule has 354 valence electrons. The maximum Gasteiger partial charge on any atom is 0.250 e. The summed E-state index contributed by atoms with van der Waals surface area (Å²) in [6, 6.07) is 25.0. The molecular formula is C52H58N8O8. The smallest absolute Gasteiger partial charge is 0.250 e. The van der Waals surface area contributed by atoms with Gasteiger partial charge in [0.05, 0.1) is 50.1 Å². The van der Waals surface area contributed by atoms with Crippen molar-refractivity contribution in [3.63, 3.8) is 0 Å². The van der Waals surface area contributed by atoms with Crippen molar-refractivity contribution in [2.24, 2.45) is 0 Å². The standard InChI is InChI=1S/C52H58N8O8/c1-5-19-59(51(63)49(33-13-9-7-10-14-33)57-45(61)17-21-65-3)29-43-53-27-39(55-43)35-23-37-31-68-42-26-36(24-38-32-67-41(25-35)47(37)48(38)42)40-28-54-44(56-40)30-60(20-6-2)52(64)50(34-15-11-8-12-16-34)58-46(62)18-22-66-4/h7-16,23-28,49-50H,5-6,17-22,29-32H2,1-4H3,(H,53,55)(H,54,56)(H,57,61)(H,58,62)/t49-,50-/m1/s1. The third kappa shape index (κ3) is 10.8. The topological polar surface area (TPSA) is 193 Å². The second kappa shape index (κ2) is 22.0. The lowest BCUT2D eigenvalue weighted by Gasteiger charge is -2.30. The van der Waals surface area contributed by atoms with E-state index in [0.717, 1.165) is 56.3 Å². The molecule has 0 saturated heterocycles. The van der Waals surface area contributed by atoms with E-state index < -0.39 is 12.1 Å². The van der Waals surface area contributed by atoms with Gasteiger partial charge < -0.3 is 49.3 Å². The first-order valence-electron chi connectivity index (χ1n) is 23.1. The second-order valence-electron chi connectivity index (χ2n) is 16.9. The highest BCUT2D eigenvalue weighted by atomic mass is 16.5. The van der Waals surface area contributed by atoms with Crippen LogP contribution in [0.3, 0.4) is 0 Å². The summed E-state index contributed by atoms with van der Waals surface area (Å²) in [4.78, 5) is 73.6. The molecule has 0 radical (unpaired) electrons. The number of H-pyrrole nitrogens is 2. The van der Waals surface area contributed by atoms with Gasteiger partial charge in [0.2, 0.25) is 23.6 Å². The predicted molar refractivity (Wildman–Crippen MR) is 255 cm³/mol. The summed E-state index contributed by atoms with van der Waals surface area (Å²) in [6.45, 7) is 6.54. The van der Waals surface area contributed by atoms with E-state index in [1.165, 1.54) is 14.2 Å². The molecule has 4 amide bonds. The van der Waals surface area contributed by atoms with Gasteiger partial charge in [0.1, 0.15) is 48.4 Å². The average molecular weight is 923 g/mol. The Hall–Kier alpha value is -7.30. The van der Waals surface area contributed by atoms with Crippen LogP contribution in [-0.2, 0) is 55.0 Å². The number of nitrogens with one attached hydrogen (secondary N) is 4. The normalized spacial score (nSPS) is 13.1. The number of methoxy groups -OCH3 is 2. The van der Waals surface area contributed by atoms with Gasteiger partial charge in [0, 0.05) is 73.5 Å². The Balaban J connectivity index is 0.985. The van der Waals surface area contributed by atoms with Gasteiger partial charge in [-0.2, -0.15) is 0 Å². The number of amides is 4. The van der Waals surface area contributed by atoms with Crippen molar-refractivity contribution < 1.29 is 38.1 Å². The lowest BCUT2D eigenvalue weighted by molar-refractivity contribution is -0.137. The molecule has 8 rings (SSSR count). The van der Waals surface area contributed by atoms with Crippen LogP contribution in [0, 0.1) is 0 Å². The number of ether oxygens (including phenoxy) is 4. The monoisotopic (exact) mass is 922 g/mol. The molecule has 4 N–H and O–H groups in total. The van der Waals surface area contributed by atoms with E-state index in [2.05, 4.69) is 42.7 Å². The van der Waals surface area contributed by atoms with E-state index >= 15 is 0 Å². The zero-order chi connectivity index (χ0) is 47.6. The number of carbonyl (C=O) groups excluding carboxylic acids is 4. The molecule has 16 nitrogen and oxygen atoms in total. The van der Waals surface area contributed by atoms with Crippen LogP contribution in [0.5, 0.6) is 11.5 Å². The van der Waals surface area contributed by atoms with E-state index in [9.17, 15) is 19.2 Å². The molecule has 4 heterocycles. The van der Waals surface area contributed by atoms with E-state index in [1.54, 1.807) is 22.2 Å². The number of rotatable bonds is 22. The van der Waals surface area contributed by atoms with Crippen LogP contribution in [0.1, 0.15) is 85.5 Å². The molecule has 6 aromatic rings. The van der Waals surface area contributed by atoms with Crippen LogP contribution in [-0.4, -0.2) is 93.9 Å². The first-order valence-corrected chi connectivity index (χ1v) is 23.1. The van der Waals surface area contributed by atoms with Gasteiger partial charge in [-0.1, -0.05) is 74.5 Å². The van der Waals surface area contributed by atoms with Crippen LogP contribution in [0.2, 0.25) is 0 Å². The molecule has 2 aliphatic heterocycles. The second-order valence-corrected chi connectivity index (χ2v) is 16.9. The minimum atomic E-state index is -0.861. The van der Waals surface area contributed by atoms with Crippen molar-refractivity contribution >= 4 is 23.6 Å². The third-order valence-corrected chi connectivity index (χ3v) is 12.0. The largest absolute Gasteiger partial charge is 0.488 e. The Morgan fingerprint density at radius 3 is 1.43 bits per heavy atom. The number of imidazole rings is 2. The van der Waals surface area contributed by atoms with Gasteiger partial charge in [0.25, 0.3) is 0 Å². The van der Waals surface area contributed by atoms with E-state index in [-0.39, 0.29) is 62.8 Å². The van der Waals surface area contributed by atoms with Crippen molar-refractivity contribution in [3.05, 3.63) is 131 Å². The lowest BCUT2D eigenvalue weighted by Crippen LogP contribution is -2.43. The Morgan fingerprint density at radius 2 is 1.04 bits per heavy atom. The number of benzene rings is 4. The minimum Gasteiger partial charge on any atom is -0.488 e. The van der Waals surface area contributed by atoms with Crippen LogP contribution >= 0.6 is 0 Å². The highest BCUT2D eigenvalue weighted by Crippen LogP contribution is 2.50. The van der Waals surface area contributed by atoms with Crippen molar-refractivity contribution in [2.45, 2.75) is 77.9 Å². The van der Waals surface area contributed by atoms with Crippen LogP contribution in [0.25, 0.3) is 33.6 Å². The number of carbonyl (C=O) groups is 4. The summed E-state index contributed by atoms with van der Waals surface area (Å²) in [5.74, 6) is 1.70. The molecular weight excluding hydrogens is 865 g/mol. The Labute approximate surface area is 395 Å². The SMILES string of the molecule is CCCN(Cc1ncc(-c2cc3c4c(c2)OCc2cc(-c5cnc(CN(CCC)C(=O)[C@H](NC(=O)CCOC)c6ccccc6)[nH]5)cc(c2-4)OC3)[nH]1)C(=O)[C@H](NC(=O)CCOC)c1ccccc1. The van der Waals surface area contributed by atoms with E-state index in [0.29, 0.717) is 61.9 Å². The van der Waals surface area contributed by atoms with E-state index in [1.807, 2.05) is 86.6 Å². The first-order chi connectivity index (χ1) is 33.2. The molecule has 0 aliphatic carbocycles. The Morgan fingerprint density at radius 1 is 0.632 bits per heavy atom.